The molecule has 0 heterocycles. The van der Waals surface area contributed by atoms with Crippen LogP contribution in [0.5, 0.6) is 0 Å². The van der Waals surface area contributed by atoms with Crippen LogP contribution < -0.4 is 0 Å². The molecular formula is C7H10F2O. The third-order valence-corrected chi connectivity index (χ3v) is 1.89. The average molecular weight is 148 g/mol. The van der Waals surface area contributed by atoms with Gasteiger partial charge in [-0.1, -0.05) is 0 Å². The Kier molecular flexibility index (Phi) is 2.35. The summed E-state index contributed by atoms with van der Waals surface area (Å²) in [5.41, 5.74) is 0. The van der Waals surface area contributed by atoms with E-state index in [4.69, 9.17) is 0 Å². The molecule has 0 amide bonds. The number of Topliss-reactive ketones (excluding diaryl/α,β-unsaturated/α-hetero) is 1. The summed E-state index contributed by atoms with van der Waals surface area (Å²) in [6.45, 7) is 0. The molecule has 0 saturated heterocycles. The van der Waals surface area contributed by atoms with Crippen molar-refractivity contribution in [2.45, 2.75) is 32.1 Å². The van der Waals surface area contributed by atoms with Crippen molar-refractivity contribution in [1.82, 2.24) is 0 Å². The van der Waals surface area contributed by atoms with E-state index in [1.807, 2.05) is 0 Å². The lowest BCUT2D eigenvalue weighted by molar-refractivity contribution is -0.121. The van der Waals surface area contributed by atoms with Gasteiger partial charge in [0.15, 0.2) is 0 Å². The van der Waals surface area contributed by atoms with Gasteiger partial charge in [-0.2, -0.15) is 0 Å². The monoisotopic (exact) mass is 148 g/mol. The SMILES string of the molecule is O=C1CCCC1CC(F)F. The number of halogens is 2. The van der Waals surface area contributed by atoms with Crippen LogP contribution in [0.1, 0.15) is 25.7 Å². The Morgan fingerprint density at radius 1 is 1.60 bits per heavy atom. The first-order valence-electron chi connectivity index (χ1n) is 3.51. The summed E-state index contributed by atoms with van der Waals surface area (Å²) in [7, 11) is 0. The highest BCUT2D eigenvalue weighted by Crippen LogP contribution is 2.26. The molecule has 58 valence electrons. The zero-order valence-corrected chi connectivity index (χ0v) is 5.65. The zero-order chi connectivity index (χ0) is 7.56. The van der Waals surface area contributed by atoms with Gasteiger partial charge in [-0.05, 0) is 12.8 Å². The summed E-state index contributed by atoms with van der Waals surface area (Å²) in [4.78, 5) is 10.8. The lowest BCUT2D eigenvalue weighted by Gasteiger charge is -2.04. The maximum absolute atomic E-state index is 11.7. The average Bonchev–Trinajstić information content (AvgIpc) is 2.15. The van der Waals surface area contributed by atoms with Crippen LogP contribution in [0.2, 0.25) is 0 Å². The van der Waals surface area contributed by atoms with Crippen LogP contribution in [0.3, 0.4) is 0 Å². The Balaban J connectivity index is 2.33. The summed E-state index contributed by atoms with van der Waals surface area (Å²) < 4.78 is 23.4. The maximum Gasteiger partial charge on any atom is 0.239 e. The molecule has 1 saturated carbocycles. The number of rotatable bonds is 2. The number of carbonyl (C=O) groups is 1. The molecule has 0 aliphatic heterocycles. The number of alkyl halides is 2. The highest BCUT2D eigenvalue weighted by molar-refractivity contribution is 5.82. The molecule has 1 nitrogen and oxygen atoms in total. The maximum atomic E-state index is 11.7. The van der Waals surface area contributed by atoms with E-state index >= 15 is 0 Å². The summed E-state index contributed by atoms with van der Waals surface area (Å²) in [5, 5.41) is 0. The summed E-state index contributed by atoms with van der Waals surface area (Å²) in [6.07, 6.45) is -0.553. The van der Waals surface area contributed by atoms with Gasteiger partial charge < -0.3 is 0 Å². The van der Waals surface area contributed by atoms with Gasteiger partial charge in [0, 0.05) is 18.8 Å². The molecule has 10 heavy (non-hydrogen) atoms. The van der Waals surface area contributed by atoms with Crippen LogP contribution in [0.25, 0.3) is 0 Å². The minimum atomic E-state index is -2.31. The third kappa shape index (κ3) is 1.75. The lowest BCUT2D eigenvalue weighted by Crippen LogP contribution is -2.10. The summed E-state index contributed by atoms with van der Waals surface area (Å²) in [6, 6.07) is 0. The predicted molar refractivity (Wildman–Crippen MR) is 33.0 cm³/mol. The minimum absolute atomic E-state index is 0.0281. The summed E-state index contributed by atoms with van der Waals surface area (Å²) in [5.74, 6) is -0.305. The smallest absolute Gasteiger partial charge is 0.239 e. The molecule has 0 bridgehead atoms. The Labute approximate surface area is 58.4 Å². The van der Waals surface area contributed by atoms with Gasteiger partial charge in [0.25, 0.3) is 0 Å². The van der Waals surface area contributed by atoms with Gasteiger partial charge in [0.1, 0.15) is 5.78 Å². The molecule has 0 spiro atoms. The highest BCUT2D eigenvalue weighted by atomic mass is 19.3. The lowest BCUT2D eigenvalue weighted by atomic mass is 10.0. The van der Waals surface area contributed by atoms with Crippen molar-refractivity contribution in [2.75, 3.05) is 0 Å². The van der Waals surface area contributed by atoms with Crippen molar-refractivity contribution < 1.29 is 13.6 Å². The van der Waals surface area contributed by atoms with Crippen molar-refractivity contribution in [2.24, 2.45) is 5.92 Å². The molecule has 1 unspecified atom stereocenters. The molecule has 1 atom stereocenters. The second kappa shape index (κ2) is 3.08. The fourth-order valence-corrected chi connectivity index (χ4v) is 1.35. The van der Waals surface area contributed by atoms with Crippen LogP contribution in [0.15, 0.2) is 0 Å². The van der Waals surface area contributed by atoms with Crippen molar-refractivity contribution in [3.8, 4) is 0 Å². The normalized spacial score (nSPS) is 26.3. The number of hydrogen-bond donors (Lipinski definition) is 0. The van der Waals surface area contributed by atoms with Gasteiger partial charge in [-0.25, -0.2) is 8.78 Å². The fraction of sp³-hybridized carbons (Fsp3) is 0.857. The number of ketones is 1. The quantitative estimate of drug-likeness (QED) is 0.585. The Morgan fingerprint density at radius 2 is 2.30 bits per heavy atom. The minimum Gasteiger partial charge on any atom is -0.299 e. The van der Waals surface area contributed by atoms with E-state index in [1.54, 1.807) is 0 Å². The van der Waals surface area contributed by atoms with E-state index in [2.05, 4.69) is 0 Å². The first kappa shape index (κ1) is 7.63. The molecule has 0 aromatic rings. The first-order chi connectivity index (χ1) is 4.70. The van der Waals surface area contributed by atoms with Crippen LogP contribution in [-0.2, 0) is 4.79 Å². The number of carbonyl (C=O) groups excluding carboxylic acids is 1. The predicted octanol–water partition coefficient (Wildman–Crippen LogP) is 2.01. The Morgan fingerprint density at radius 3 is 2.70 bits per heavy atom. The van der Waals surface area contributed by atoms with E-state index in [-0.39, 0.29) is 18.1 Å². The molecule has 0 aromatic heterocycles. The molecule has 1 fully saturated rings. The molecular weight excluding hydrogens is 138 g/mol. The van der Waals surface area contributed by atoms with Crippen LogP contribution in [0.4, 0.5) is 8.78 Å². The molecule has 1 aliphatic rings. The highest BCUT2D eigenvalue weighted by Gasteiger charge is 2.26. The van der Waals surface area contributed by atoms with E-state index < -0.39 is 6.43 Å². The molecule has 3 heteroatoms. The van der Waals surface area contributed by atoms with E-state index in [9.17, 15) is 13.6 Å². The van der Waals surface area contributed by atoms with Gasteiger partial charge in [-0.15, -0.1) is 0 Å². The number of hydrogen-bond acceptors (Lipinski definition) is 1. The van der Waals surface area contributed by atoms with Gasteiger partial charge in [-0.3, -0.25) is 4.79 Å². The first-order valence-corrected chi connectivity index (χ1v) is 3.51. The standard InChI is InChI=1S/C7H10F2O/c8-7(9)4-5-2-1-3-6(5)10/h5,7H,1-4H2. The molecule has 0 radical (unpaired) electrons. The largest absolute Gasteiger partial charge is 0.299 e. The molecule has 1 rings (SSSR count). The van der Waals surface area contributed by atoms with Crippen LogP contribution in [-0.4, -0.2) is 12.2 Å². The van der Waals surface area contributed by atoms with Crippen molar-refractivity contribution in [1.29, 1.82) is 0 Å². The van der Waals surface area contributed by atoms with Crippen molar-refractivity contribution in [3.63, 3.8) is 0 Å². The Bertz CT molecular complexity index is 134. The second-order valence-electron chi connectivity index (χ2n) is 2.68. The van der Waals surface area contributed by atoms with E-state index in [0.29, 0.717) is 12.8 Å². The molecule has 1 aliphatic carbocycles. The zero-order valence-electron chi connectivity index (χ0n) is 5.65. The summed E-state index contributed by atoms with van der Waals surface area (Å²) >= 11 is 0. The van der Waals surface area contributed by atoms with Gasteiger partial charge in [0.05, 0.1) is 0 Å². The van der Waals surface area contributed by atoms with Crippen molar-refractivity contribution in [3.05, 3.63) is 0 Å². The van der Waals surface area contributed by atoms with E-state index in [1.165, 1.54) is 0 Å². The topological polar surface area (TPSA) is 17.1 Å². The van der Waals surface area contributed by atoms with Crippen LogP contribution in [0, 0.1) is 5.92 Å². The third-order valence-electron chi connectivity index (χ3n) is 1.89. The van der Waals surface area contributed by atoms with Crippen molar-refractivity contribution >= 4 is 5.78 Å². The Hall–Kier alpha value is -0.470. The molecule has 0 N–H and O–H groups in total. The van der Waals surface area contributed by atoms with Crippen LogP contribution >= 0.6 is 0 Å². The molecule has 0 aromatic carbocycles. The fourth-order valence-electron chi connectivity index (χ4n) is 1.35. The van der Waals surface area contributed by atoms with Gasteiger partial charge in [0.2, 0.25) is 6.43 Å². The van der Waals surface area contributed by atoms with E-state index in [0.717, 1.165) is 6.42 Å². The second-order valence-corrected chi connectivity index (χ2v) is 2.68. The van der Waals surface area contributed by atoms with Gasteiger partial charge >= 0.3 is 0 Å².